The average Bonchev–Trinajstić information content (AvgIpc) is 2.60. The predicted octanol–water partition coefficient (Wildman–Crippen LogP) is 5.89. The summed E-state index contributed by atoms with van der Waals surface area (Å²) in [5.41, 5.74) is 4.15. The topological polar surface area (TPSA) is 38.7 Å². The van der Waals surface area contributed by atoms with E-state index in [4.69, 9.17) is 9.47 Å². The van der Waals surface area contributed by atoms with Gasteiger partial charge in [-0.3, -0.25) is 0 Å². The molecule has 0 amide bonds. The van der Waals surface area contributed by atoms with Gasteiger partial charge >= 0.3 is 0 Å². The highest BCUT2D eigenvalue weighted by atomic mass is 16.5. The van der Waals surface area contributed by atoms with Gasteiger partial charge in [0.15, 0.2) is 0 Å². The lowest BCUT2D eigenvalue weighted by atomic mass is 9.93. The molecule has 0 radical (unpaired) electrons. The molecule has 0 bridgehead atoms. The molecule has 26 heavy (non-hydrogen) atoms. The van der Waals surface area contributed by atoms with E-state index < -0.39 is 6.10 Å². The molecule has 140 valence electrons. The lowest BCUT2D eigenvalue weighted by molar-refractivity contribution is 0.220. The maximum atomic E-state index is 10.9. The van der Waals surface area contributed by atoms with Crippen molar-refractivity contribution in [2.45, 2.75) is 46.6 Å². The number of hydrogen-bond donors (Lipinski definition) is 1. The van der Waals surface area contributed by atoms with Crippen LogP contribution in [0.4, 0.5) is 0 Å². The molecule has 2 aromatic rings. The van der Waals surface area contributed by atoms with E-state index in [1.54, 1.807) is 14.2 Å². The van der Waals surface area contributed by atoms with Crippen LogP contribution in [0.3, 0.4) is 0 Å². The van der Waals surface area contributed by atoms with E-state index in [1.807, 2.05) is 37.3 Å². The normalized spacial score (nSPS) is 12.8. The largest absolute Gasteiger partial charge is 0.496 e. The number of ether oxygens (including phenoxy) is 2. The third-order valence-corrected chi connectivity index (χ3v) is 4.64. The Bertz CT molecular complexity index is 827. The monoisotopic (exact) mass is 354 g/mol. The zero-order chi connectivity index (χ0) is 19.3. The summed E-state index contributed by atoms with van der Waals surface area (Å²) in [6.07, 6.45) is 5.30. The molecule has 0 aliphatic heterocycles. The molecule has 1 unspecified atom stereocenters. The number of fused-ring (bicyclic) bond motifs is 1. The first kappa shape index (κ1) is 20.1. The molecule has 1 atom stereocenters. The van der Waals surface area contributed by atoms with Crippen molar-refractivity contribution < 1.29 is 14.6 Å². The van der Waals surface area contributed by atoms with Gasteiger partial charge in [0.25, 0.3) is 0 Å². The number of aliphatic hydroxyl groups excluding tert-OH is 1. The Kier molecular flexibility index (Phi) is 6.87. The van der Waals surface area contributed by atoms with Crippen LogP contribution in [0.1, 0.15) is 50.8 Å². The first-order valence-electron chi connectivity index (χ1n) is 9.02. The lowest BCUT2D eigenvalue weighted by Gasteiger charge is -2.21. The fraction of sp³-hybridized carbons (Fsp3) is 0.391. The fourth-order valence-electron chi connectivity index (χ4n) is 3.38. The molecule has 0 spiro atoms. The van der Waals surface area contributed by atoms with Crippen molar-refractivity contribution >= 4 is 10.8 Å². The van der Waals surface area contributed by atoms with Crippen LogP contribution in [0.2, 0.25) is 0 Å². The van der Waals surface area contributed by atoms with Crippen LogP contribution in [0, 0.1) is 6.92 Å². The van der Waals surface area contributed by atoms with E-state index >= 15 is 0 Å². The van der Waals surface area contributed by atoms with Gasteiger partial charge < -0.3 is 14.6 Å². The molecule has 3 heteroatoms. The summed E-state index contributed by atoms with van der Waals surface area (Å²) < 4.78 is 11.3. The molecule has 2 aromatic carbocycles. The first-order chi connectivity index (χ1) is 12.4. The highest BCUT2D eigenvalue weighted by Crippen LogP contribution is 2.43. The molecule has 0 fully saturated rings. The van der Waals surface area contributed by atoms with Crippen molar-refractivity contribution in [1.29, 1.82) is 0 Å². The summed E-state index contributed by atoms with van der Waals surface area (Å²) >= 11 is 0. The Morgan fingerprint density at radius 2 is 1.62 bits per heavy atom. The highest BCUT2D eigenvalue weighted by molar-refractivity contribution is 5.96. The van der Waals surface area contributed by atoms with Crippen LogP contribution in [-0.4, -0.2) is 19.3 Å². The van der Waals surface area contributed by atoms with Crippen molar-refractivity contribution in [2.24, 2.45) is 0 Å². The third-order valence-electron chi connectivity index (χ3n) is 4.64. The van der Waals surface area contributed by atoms with E-state index in [-0.39, 0.29) is 0 Å². The van der Waals surface area contributed by atoms with Crippen LogP contribution in [0.15, 0.2) is 47.6 Å². The zero-order valence-corrected chi connectivity index (χ0v) is 16.7. The number of aliphatic hydroxyl groups is 1. The molecule has 0 aliphatic carbocycles. The first-order valence-corrected chi connectivity index (χ1v) is 9.02. The zero-order valence-electron chi connectivity index (χ0n) is 16.7. The number of hydrogen-bond acceptors (Lipinski definition) is 3. The molecular weight excluding hydrogens is 324 g/mol. The van der Waals surface area contributed by atoms with Gasteiger partial charge in [-0.25, -0.2) is 0 Å². The second kappa shape index (κ2) is 8.91. The van der Waals surface area contributed by atoms with Crippen LogP contribution in [-0.2, 0) is 0 Å². The molecular formula is C23H30O3. The molecule has 3 nitrogen and oxygen atoms in total. The van der Waals surface area contributed by atoms with Crippen LogP contribution in [0.5, 0.6) is 11.5 Å². The molecule has 1 N–H and O–H groups in total. The Morgan fingerprint density at radius 1 is 1.04 bits per heavy atom. The highest BCUT2D eigenvalue weighted by Gasteiger charge is 2.22. The Balaban J connectivity index is 2.51. The second-order valence-electron chi connectivity index (χ2n) is 6.93. The number of allylic oxidation sites excluding steroid dienone is 3. The van der Waals surface area contributed by atoms with Crippen molar-refractivity contribution in [2.75, 3.05) is 14.2 Å². The molecule has 0 saturated carbocycles. The van der Waals surface area contributed by atoms with Crippen LogP contribution >= 0.6 is 0 Å². The van der Waals surface area contributed by atoms with E-state index in [9.17, 15) is 5.11 Å². The molecule has 0 aromatic heterocycles. The summed E-state index contributed by atoms with van der Waals surface area (Å²) in [5, 5.41) is 12.9. The SMILES string of the molecule is COc1c(C)c(C(O)/C=C(/C)CCC=C(C)C)c(OC)c2ccccc12. The Labute approximate surface area is 156 Å². The van der Waals surface area contributed by atoms with Crippen LogP contribution < -0.4 is 9.47 Å². The number of methoxy groups -OCH3 is 2. The lowest BCUT2D eigenvalue weighted by Crippen LogP contribution is -2.05. The average molecular weight is 354 g/mol. The van der Waals surface area contributed by atoms with Crippen molar-refractivity contribution in [3.05, 3.63) is 58.7 Å². The van der Waals surface area contributed by atoms with Gasteiger partial charge in [-0.1, -0.05) is 47.6 Å². The molecule has 0 saturated heterocycles. The standard InChI is InChI=1S/C23H30O3/c1-15(2)10-9-11-16(3)14-20(24)21-17(4)22(25-5)18-12-7-8-13-19(18)23(21)26-6/h7-8,10,12-14,20,24H,9,11H2,1-6H3/b16-14-. The maximum Gasteiger partial charge on any atom is 0.133 e. The maximum absolute atomic E-state index is 10.9. The van der Waals surface area contributed by atoms with Crippen molar-refractivity contribution in [3.8, 4) is 11.5 Å². The van der Waals surface area contributed by atoms with Gasteiger partial charge in [0, 0.05) is 21.9 Å². The third kappa shape index (κ3) is 4.28. The number of benzene rings is 2. The van der Waals surface area contributed by atoms with Gasteiger partial charge in [-0.15, -0.1) is 0 Å². The quantitative estimate of drug-likeness (QED) is 0.630. The van der Waals surface area contributed by atoms with Gasteiger partial charge in [0.2, 0.25) is 0 Å². The molecule has 0 aliphatic rings. The molecule has 0 heterocycles. The summed E-state index contributed by atoms with van der Waals surface area (Å²) in [4.78, 5) is 0. The minimum Gasteiger partial charge on any atom is -0.496 e. The van der Waals surface area contributed by atoms with Crippen LogP contribution in [0.25, 0.3) is 10.8 Å². The Morgan fingerprint density at radius 3 is 2.15 bits per heavy atom. The van der Waals surface area contributed by atoms with Crippen molar-refractivity contribution in [1.82, 2.24) is 0 Å². The molecule has 2 rings (SSSR count). The van der Waals surface area contributed by atoms with E-state index in [0.717, 1.165) is 46.1 Å². The summed E-state index contributed by atoms with van der Waals surface area (Å²) in [6, 6.07) is 7.96. The predicted molar refractivity (Wildman–Crippen MR) is 109 cm³/mol. The van der Waals surface area contributed by atoms with Gasteiger partial charge in [0.1, 0.15) is 17.6 Å². The Hall–Kier alpha value is -2.26. The van der Waals surface area contributed by atoms with Crippen molar-refractivity contribution in [3.63, 3.8) is 0 Å². The van der Waals surface area contributed by atoms with E-state index in [1.165, 1.54) is 5.57 Å². The minimum absolute atomic E-state index is 0.708. The smallest absolute Gasteiger partial charge is 0.133 e. The summed E-state index contributed by atoms with van der Waals surface area (Å²) in [7, 11) is 3.31. The van der Waals surface area contributed by atoms with Gasteiger partial charge in [0.05, 0.1) is 14.2 Å². The minimum atomic E-state index is -0.741. The summed E-state index contributed by atoms with van der Waals surface area (Å²) in [5.74, 6) is 1.49. The van der Waals surface area contributed by atoms with E-state index in [0.29, 0.717) is 5.75 Å². The van der Waals surface area contributed by atoms with E-state index in [2.05, 4.69) is 26.8 Å². The second-order valence-corrected chi connectivity index (χ2v) is 6.93. The van der Waals surface area contributed by atoms with Gasteiger partial charge in [-0.2, -0.15) is 0 Å². The van der Waals surface area contributed by atoms with Gasteiger partial charge in [-0.05, 0) is 40.5 Å². The number of rotatable bonds is 7. The fourth-order valence-corrected chi connectivity index (χ4v) is 3.38. The summed E-state index contributed by atoms with van der Waals surface area (Å²) in [6.45, 7) is 8.23.